The molecular weight excluding hydrogens is 316 g/mol. The molecule has 0 aromatic heterocycles. The molecular formula is C15H26N4O5. The van der Waals surface area contributed by atoms with Gasteiger partial charge in [-0.1, -0.05) is 0 Å². The monoisotopic (exact) mass is 342 g/mol. The van der Waals surface area contributed by atoms with Crippen molar-refractivity contribution in [1.82, 2.24) is 14.7 Å². The van der Waals surface area contributed by atoms with Gasteiger partial charge in [0.15, 0.2) is 6.10 Å². The van der Waals surface area contributed by atoms with Crippen molar-refractivity contribution in [2.24, 2.45) is 5.73 Å². The number of morpholine rings is 1. The van der Waals surface area contributed by atoms with E-state index in [0.29, 0.717) is 39.4 Å². The van der Waals surface area contributed by atoms with Crippen molar-refractivity contribution in [2.45, 2.75) is 39.0 Å². The Morgan fingerprint density at radius 1 is 1.08 bits per heavy atom. The van der Waals surface area contributed by atoms with Crippen LogP contribution in [0.5, 0.6) is 0 Å². The molecule has 0 aromatic carbocycles. The van der Waals surface area contributed by atoms with Gasteiger partial charge in [-0.2, -0.15) is 0 Å². The molecule has 4 amide bonds. The Morgan fingerprint density at radius 3 is 2.12 bits per heavy atom. The van der Waals surface area contributed by atoms with Crippen LogP contribution in [0, 0.1) is 0 Å². The van der Waals surface area contributed by atoms with E-state index >= 15 is 0 Å². The number of urea groups is 1. The molecule has 0 radical (unpaired) electrons. The zero-order valence-electron chi connectivity index (χ0n) is 14.4. The highest BCUT2D eigenvalue weighted by atomic mass is 16.6. The van der Waals surface area contributed by atoms with Crippen molar-refractivity contribution in [3.05, 3.63) is 0 Å². The molecule has 2 fully saturated rings. The Bertz CT molecular complexity index is 482. The SMILES string of the molecule is CC(OC(N)=O)C(=O)N1CC(C)N(C(=O)N2CCOCC2)C(C)C1. The van der Waals surface area contributed by atoms with Crippen LogP contribution in [-0.2, 0) is 14.3 Å². The van der Waals surface area contributed by atoms with E-state index in [-0.39, 0.29) is 24.0 Å². The van der Waals surface area contributed by atoms with Gasteiger partial charge in [0.25, 0.3) is 5.91 Å². The number of nitrogens with two attached hydrogens (primary N) is 1. The van der Waals surface area contributed by atoms with Crippen LogP contribution in [0.4, 0.5) is 9.59 Å². The standard InChI is InChI=1S/C15H26N4O5/c1-10-8-18(13(20)12(3)24-14(16)21)9-11(2)19(10)15(22)17-4-6-23-7-5-17/h10-12H,4-9H2,1-3H3,(H2,16,21). The fraction of sp³-hybridized carbons (Fsp3) is 0.800. The summed E-state index contributed by atoms with van der Waals surface area (Å²) in [4.78, 5) is 41.1. The highest BCUT2D eigenvalue weighted by Crippen LogP contribution is 2.19. The largest absolute Gasteiger partial charge is 0.437 e. The van der Waals surface area contributed by atoms with Crippen LogP contribution in [-0.4, -0.2) is 90.3 Å². The Balaban J connectivity index is 1.99. The highest BCUT2D eigenvalue weighted by Gasteiger charge is 2.38. The number of hydrogen-bond donors (Lipinski definition) is 1. The van der Waals surface area contributed by atoms with Gasteiger partial charge in [0.2, 0.25) is 0 Å². The summed E-state index contributed by atoms with van der Waals surface area (Å²) in [6.45, 7) is 8.37. The normalized spacial score (nSPS) is 26.0. The molecule has 3 unspecified atom stereocenters. The van der Waals surface area contributed by atoms with Crippen molar-refractivity contribution in [3.8, 4) is 0 Å². The van der Waals surface area contributed by atoms with Crippen LogP contribution in [0.1, 0.15) is 20.8 Å². The van der Waals surface area contributed by atoms with Crippen molar-refractivity contribution in [3.63, 3.8) is 0 Å². The van der Waals surface area contributed by atoms with E-state index in [1.54, 1.807) is 9.80 Å². The third-order valence-corrected chi connectivity index (χ3v) is 4.37. The first kappa shape index (κ1) is 18.3. The maximum Gasteiger partial charge on any atom is 0.405 e. The van der Waals surface area contributed by atoms with E-state index in [4.69, 9.17) is 15.2 Å². The van der Waals surface area contributed by atoms with Crippen LogP contribution in [0.2, 0.25) is 0 Å². The number of amides is 4. The quantitative estimate of drug-likeness (QED) is 0.751. The van der Waals surface area contributed by atoms with E-state index in [1.165, 1.54) is 6.92 Å². The zero-order chi connectivity index (χ0) is 17.9. The van der Waals surface area contributed by atoms with Gasteiger partial charge in [0.1, 0.15) is 0 Å². The predicted octanol–water partition coefficient (Wildman–Crippen LogP) is -0.156. The lowest BCUT2D eigenvalue weighted by atomic mass is 10.1. The van der Waals surface area contributed by atoms with Crippen LogP contribution in [0.3, 0.4) is 0 Å². The van der Waals surface area contributed by atoms with Crippen molar-refractivity contribution in [2.75, 3.05) is 39.4 Å². The number of nitrogens with zero attached hydrogens (tertiary/aromatic N) is 3. The first-order valence-electron chi connectivity index (χ1n) is 8.21. The summed E-state index contributed by atoms with van der Waals surface area (Å²) in [5.41, 5.74) is 4.96. The Labute approximate surface area is 141 Å². The average molecular weight is 342 g/mol. The van der Waals surface area contributed by atoms with Crippen LogP contribution >= 0.6 is 0 Å². The van der Waals surface area contributed by atoms with Gasteiger partial charge < -0.3 is 29.9 Å². The number of ether oxygens (including phenoxy) is 2. The number of rotatable bonds is 2. The molecule has 9 nitrogen and oxygen atoms in total. The lowest BCUT2D eigenvalue weighted by Gasteiger charge is -2.46. The third kappa shape index (κ3) is 4.08. The lowest BCUT2D eigenvalue weighted by molar-refractivity contribution is -0.143. The average Bonchev–Trinajstić information content (AvgIpc) is 2.53. The molecule has 9 heteroatoms. The number of hydrogen-bond acceptors (Lipinski definition) is 5. The summed E-state index contributed by atoms with van der Waals surface area (Å²) in [6, 6.07) is -0.283. The highest BCUT2D eigenvalue weighted by molar-refractivity contribution is 5.83. The number of carbonyl (C=O) groups excluding carboxylic acids is 3. The second-order valence-corrected chi connectivity index (χ2v) is 6.31. The van der Waals surface area contributed by atoms with Gasteiger partial charge in [0.05, 0.1) is 13.2 Å². The van der Waals surface area contributed by atoms with Gasteiger partial charge in [0, 0.05) is 38.3 Å². The first-order chi connectivity index (χ1) is 11.3. The van der Waals surface area contributed by atoms with E-state index in [9.17, 15) is 14.4 Å². The van der Waals surface area contributed by atoms with Gasteiger partial charge >= 0.3 is 12.1 Å². The molecule has 2 rings (SSSR count). The van der Waals surface area contributed by atoms with Crippen molar-refractivity contribution < 1.29 is 23.9 Å². The minimum Gasteiger partial charge on any atom is -0.437 e. The Kier molecular flexibility index (Phi) is 5.87. The first-order valence-corrected chi connectivity index (χ1v) is 8.21. The molecule has 0 aromatic rings. The van der Waals surface area contributed by atoms with Crippen LogP contribution < -0.4 is 5.73 Å². The number of carbonyl (C=O) groups is 3. The summed E-state index contributed by atoms with van der Waals surface area (Å²) in [5.74, 6) is -0.300. The minimum absolute atomic E-state index is 0.0215. The zero-order valence-corrected chi connectivity index (χ0v) is 14.4. The minimum atomic E-state index is -0.974. The van der Waals surface area contributed by atoms with Crippen LogP contribution in [0.25, 0.3) is 0 Å². The molecule has 2 saturated heterocycles. The molecule has 24 heavy (non-hydrogen) atoms. The topological polar surface area (TPSA) is 105 Å². The number of primary amides is 1. The van der Waals surface area contributed by atoms with Crippen LogP contribution in [0.15, 0.2) is 0 Å². The van der Waals surface area contributed by atoms with E-state index in [1.807, 2.05) is 18.7 Å². The number of piperazine rings is 1. The maximum atomic E-state index is 12.7. The van der Waals surface area contributed by atoms with Crippen molar-refractivity contribution in [1.29, 1.82) is 0 Å². The summed E-state index contributed by atoms with van der Waals surface area (Å²) < 4.78 is 10.0. The lowest BCUT2D eigenvalue weighted by Crippen LogP contribution is -2.63. The van der Waals surface area contributed by atoms with E-state index in [2.05, 4.69) is 0 Å². The summed E-state index contributed by atoms with van der Waals surface area (Å²) in [6.07, 6.45) is -1.90. The molecule has 0 saturated carbocycles. The molecule has 2 heterocycles. The van der Waals surface area contributed by atoms with E-state index < -0.39 is 12.2 Å². The van der Waals surface area contributed by atoms with Gasteiger partial charge in [-0.15, -0.1) is 0 Å². The molecule has 0 spiro atoms. The molecule has 0 bridgehead atoms. The molecule has 0 aliphatic carbocycles. The molecule has 2 N–H and O–H groups in total. The third-order valence-electron chi connectivity index (χ3n) is 4.37. The Hall–Kier alpha value is -2.03. The molecule has 2 aliphatic heterocycles. The van der Waals surface area contributed by atoms with E-state index in [0.717, 1.165) is 0 Å². The summed E-state index contributed by atoms with van der Waals surface area (Å²) in [5, 5.41) is 0. The fourth-order valence-electron chi connectivity index (χ4n) is 3.28. The Morgan fingerprint density at radius 2 is 1.62 bits per heavy atom. The summed E-state index contributed by atoms with van der Waals surface area (Å²) in [7, 11) is 0. The van der Waals surface area contributed by atoms with Gasteiger partial charge in [-0.25, -0.2) is 9.59 Å². The van der Waals surface area contributed by atoms with Gasteiger partial charge in [-0.3, -0.25) is 4.79 Å². The second kappa shape index (κ2) is 7.69. The predicted molar refractivity (Wildman–Crippen MR) is 85.3 cm³/mol. The molecule has 2 aliphatic rings. The van der Waals surface area contributed by atoms with Crippen molar-refractivity contribution >= 4 is 18.0 Å². The second-order valence-electron chi connectivity index (χ2n) is 6.31. The van der Waals surface area contributed by atoms with Gasteiger partial charge in [-0.05, 0) is 20.8 Å². The maximum absolute atomic E-state index is 12.7. The molecule has 3 atom stereocenters. The smallest absolute Gasteiger partial charge is 0.405 e. The summed E-state index contributed by atoms with van der Waals surface area (Å²) >= 11 is 0. The fourth-order valence-corrected chi connectivity index (χ4v) is 3.28. The molecule has 136 valence electrons.